The third-order valence-corrected chi connectivity index (χ3v) is 2.62. The molecule has 4 nitrogen and oxygen atoms in total. The van der Waals surface area contributed by atoms with E-state index in [-0.39, 0.29) is 5.91 Å². The summed E-state index contributed by atoms with van der Waals surface area (Å²) in [6, 6.07) is 1.77. The molecule has 0 aliphatic carbocycles. The Morgan fingerprint density at radius 3 is 3.07 bits per heavy atom. The first-order chi connectivity index (χ1) is 6.75. The smallest absolute Gasteiger partial charge is 0.223 e. The fourth-order valence-electron chi connectivity index (χ4n) is 1.49. The molecule has 5 heteroatoms. The van der Waals surface area contributed by atoms with E-state index in [0.717, 1.165) is 17.6 Å². The molecule has 2 rings (SSSR count). The van der Waals surface area contributed by atoms with Gasteiger partial charge in [0.15, 0.2) is 0 Å². The van der Waals surface area contributed by atoms with E-state index in [1.165, 1.54) is 0 Å². The molecule has 1 saturated heterocycles. The summed E-state index contributed by atoms with van der Waals surface area (Å²) in [5, 5.41) is 0. The maximum Gasteiger partial charge on any atom is 0.223 e. The van der Waals surface area contributed by atoms with E-state index in [4.69, 9.17) is 0 Å². The van der Waals surface area contributed by atoms with E-state index in [9.17, 15) is 4.79 Å². The van der Waals surface area contributed by atoms with Gasteiger partial charge >= 0.3 is 0 Å². The number of carbonyl (C=O) groups is 1. The van der Waals surface area contributed by atoms with Crippen LogP contribution >= 0.6 is 15.9 Å². The van der Waals surface area contributed by atoms with Crippen LogP contribution < -0.4 is 0 Å². The molecule has 1 aliphatic heterocycles. The molecular formula is C9H10BrN3O. The molecule has 1 aliphatic rings. The molecule has 14 heavy (non-hydrogen) atoms. The molecule has 2 heterocycles. The predicted octanol–water partition coefficient (Wildman–Crippen LogP) is 1.36. The van der Waals surface area contributed by atoms with E-state index in [2.05, 4.69) is 25.9 Å². The van der Waals surface area contributed by atoms with Gasteiger partial charge in [0, 0.05) is 19.2 Å². The molecule has 1 aromatic rings. The topological polar surface area (TPSA) is 46.1 Å². The van der Waals surface area contributed by atoms with E-state index in [1.54, 1.807) is 17.2 Å². The summed E-state index contributed by atoms with van der Waals surface area (Å²) in [4.78, 5) is 21.4. The van der Waals surface area contributed by atoms with E-state index in [1.807, 2.05) is 0 Å². The predicted molar refractivity (Wildman–Crippen MR) is 54.4 cm³/mol. The molecule has 1 amide bonds. The second kappa shape index (κ2) is 4.04. The highest BCUT2D eigenvalue weighted by Crippen LogP contribution is 2.13. The maximum atomic E-state index is 11.3. The van der Waals surface area contributed by atoms with Crippen LogP contribution in [0, 0.1) is 0 Å². The van der Waals surface area contributed by atoms with E-state index in [0.29, 0.717) is 18.8 Å². The van der Waals surface area contributed by atoms with Gasteiger partial charge in [-0.2, -0.15) is 0 Å². The van der Waals surface area contributed by atoms with Crippen LogP contribution in [0.15, 0.2) is 16.9 Å². The van der Waals surface area contributed by atoms with Crippen LogP contribution in [0.4, 0.5) is 0 Å². The summed E-state index contributed by atoms with van der Waals surface area (Å²) in [7, 11) is 0. The molecule has 0 atom stereocenters. The zero-order valence-corrected chi connectivity index (χ0v) is 9.20. The van der Waals surface area contributed by atoms with Crippen molar-refractivity contribution in [2.75, 3.05) is 6.54 Å². The average molecular weight is 256 g/mol. The Kier molecular flexibility index (Phi) is 2.77. The molecule has 1 fully saturated rings. The van der Waals surface area contributed by atoms with Gasteiger partial charge in [-0.3, -0.25) is 4.79 Å². The standard InChI is InChI=1S/C9H10BrN3O/c10-7-3-4-11-8(12-7)6-13-5-1-2-9(13)14/h3-4H,1-2,5-6H2. The lowest BCUT2D eigenvalue weighted by atomic mass is 10.4. The quantitative estimate of drug-likeness (QED) is 0.750. The van der Waals surface area contributed by atoms with Gasteiger partial charge < -0.3 is 4.90 Å². The molecule has 0 spiro atoms. The average Bonchev–Trinajstić information content (AvgIpc) is 2.52. The number of likely N-dealkylation sites (tertiary alicyclic amines) is 1. The number of rotatable bonds is 2. The third kappa shape index (κ3) is 2.09. The summed E-state index contributed by atoms with van der Waals surface area (Å²) in [5.41, 5.74) is 0. The van der Waals surface area contributed by atoms with E-state index >= 15 is 0 Å². The van der Waals surface area contributed by atoms with Crippen LogP contribution in [0.1, 0.15) is 18.7 Å². The number of hydrogen-bond acceptors (Lipinski definition) is 3. The summed E-state index contributed by atoms with van der Waals surface area (Å²) in [6.45, 7) is 1.35. The normalized spacial score (nSPS) is 16.4. The number of hydrogen-bond donors (Lipinski definition) is 0. The Morgan fingerprint density at radius 2 is 2.43 bits per heavy atom. The van der Waals surface area contributed by atoms with E-state index < -0.39 is 0 Å². The Morgan fingerprint density at radius 1 is 1.57 bits per heavy atom. The van der Waals surface area contributed by atoms with Gasteiger partial charge in [-0.05, 0) is 28.4 Å². The molecule has 0 aromatic carbocycles. The molecule has 0 radical (unpaired) electrons. The van der Waals surface area contributed by atoms with Gasteiger partial charge in [-0.15, -0.1) is 0 Å². The summed E-state index contributed by atoms with van der Waals surface area (Å²) < 4.78 is 0.758. The molecule has 1 aromatic heterocycles. The monoisotopic (exact) mass is 255 g/mol. The van der Waals surface area contributed by atoms with Gasteiger partial charge in [0.05, 0.1) is 6.54 Å². The lowest BCUT2D eigenvalue weighted by molar-refractivity contribution is -0.128. The molecular weight excluding hydrogens is 246 g/mol. The van der Waals surface area contributed by atoms with Crippen molar-refractivity contribution in [1.29, 1.82) is 0 Å². The minimum Gasteiger partial charge on any atom is -0.335 e. The highest BCUT2D eigenvalue weighted by molar-refractivity contribution is 9.10. The SMILES string of the molecule is O=C1CCCN1Cc1nccc(Br)n1. The molecule has 0 bridgehead atoms. The van der Waals surface area contributed by atoms with Gasteiger partial charge in [0.2, 0.25) is 5.91 Å². The van der Waals surface area contributed by atoms with Crippen molar-refractivity contribution in [2.24, 2.45) is 0 Å². The Balaban J connectivity index is 2.07. The first kappa shape index (κ1) is 9.58. The lowest BCUT2D eigenvalue weighted by Crippen LogP contribution is -2.24. The maximum absolute atomic E-state index is 11.3. The van der Waals surface area contributed by atoms with Crippen molar-refractivity contribution in [2.45, 2.75) is 19.4 Å². The van der Waals surface area contributed by atoms with Gasteiger partial charge in [0.1, 0.15) is 10.4 Å². The van der Waals surface area contributed by atoms with Gasteiger partial charge in [-0.1, -0.05) is 0 Å². The number of halogens is 1. The van der Waals surface area contributed by atoms with Crippen molar-refractivity contribution in [3.05, 3.63) is 22.7 Å². The zero-order valence-electron chi connectivity index (χ0n) is 7.61. The van der Waals surface area contributed by atoms with Crippen LogP contribution in [0.5, 0.6) is 0 Å². The third-order valence-electron chi connectivity index (χ3n) is 2.18. The number of aromatic nitrogens is 2. The Labute approximate surface area is 90.5 Å². The second-order valence-corrected chi connectivity index (χ2v) is 4.03. The second-order valence-electron chi connectivity index (χ2n) is 3.21. The molecule has 74 valence electrons. The molecule has 0 saturated carbocycles. The minimum atomic E-state index is 0.202. The number of nitrogens with zero attached hydrogens (tertiary/aromatic N) is 3. The summed E-state index contributed by atoms with van der Waals surface area (Å²) >= 11 is 3.27. The van der Waals surface area contributed by atoms with Crippen molar-refractivity contribution in [3.63, 3.8) is 0 Å². The van der Waals surface area contributed by atoms with Crippen molar-refractivity contribution in [3.8, 4) is 0 Å². The largest absolute Gasteiger partial charge is 0.335 e. The van der Waals surface area contributed by atoms with Crippen molar-refractivity contribution in [1.82, 2.24) is 14.9 Å². The lowest BCUT2D eigenvalue weighted by Gasteiger charge is -2.13. The van der Waals surface area contributed by atoms with Crippen LogP contribution in [0.2, 0.25) is 0 Å². The summed E-state index contributed by atoms with van der Waals surface area (Å²) in [6.07, 6.45) is 3.30. The van der Waals surface area contributed by atoms with Crippen molar-refractivity contribution >= 4 is 21.8 Å². The van der Waals surface area contributed by atoms with Crippen molar-refractivity contribution < 1.29 is 4.79 Å². The fourth-order valence-corrected chi connectivity index (χ4v) is 1.82. The van der Waals surface area contributed by atoms with Gasteiger partial charge in [-0.25, -0.2) is 9.97 Å². The number of carbonyl (C=O) groups excluding carboxylic acids is 1. The Bertz CT molecular complexity index is 356. The molecule has 0 N–H and O–H groups in total. The van der Waals surface area contributed by atoms with Gasteiger partial charge in [0.25, 0.3) is 0 Å². The Hall–Kier alpha value is -0.970. The highest BCUT2D eigenvalue weighted by Gasteiger charge is 2.20. The van der Waals surface area contributed by atoms with Crippen LogP contribution in [-0.4, -0.2) is 27.3 Å². The highest BCUT2D eigenvalue weighted by atomic mass is 79.9. The molecule has 0 unspecified atom stereocenters. The number of amides is 1. The first-order valence-electron chi connectivity index (χ1n) is 4.51. The van der Waals surface area contributed by atoms with Crippen LogP contribution in [0.25, 0.3) is 0 Å². The van der Waals surface area contributed by atoms with Crippen LogP contribution in [-0.2, 0) is 11.3 Å². The first-order valence-corrected chi connectivity index (χ1v) is 5.30. The summed E-state index contributed by atoms with van der Waals surface area (Å²) in [5.74, 6) is 0.892. The minimum absolute atomic E-state index is 0.202. The fraction of sp³-hybridized carbons (Fsp3) is 0.444. The zero-order chi connectivity index (χ0) is 9.97. The van der Waals surface area contributed by atoms with Crippen LogP contribution in [0.3, 0.4) is 0 Å².